The van der Waals surface area contributed by atoms with Gasteiger partial charge in [0.2, 0.25) is 5.91 Å². The Morgan fingerprint density at radius 1 is 1.29 bits per heavy atom. The maximum absolute atomic E-state index is 14.0. The van der Waals surface area contributed by atoms with Crippen molar-refractivity contribution in [3.8, 4) is 0 Å². The Morgan fingerprint density at radius 2 is 2.06 bits per heavy atom. The largest absolute Gasteiger partial charge is 0.342 e. The van der Waals surface area contributed by atoms with Crippen molar-refractivity contribution in [1.29, 1.82) is 0 Å². The lowest BCUT2D eigenvalue weighted by atomic mass is 10.2. The topological polar surface area (TPSA) is 88.9 Å². The molecule has 0 aliphatic heterocycles. The predicted octanol–water partition coefficient (Wildman–Crippen LogP) is 5.38. The maximum Gasteiger partial charge on any atom is 0.251 e. The van der Waals surface area contributed by atoms with Gasteiger partial charge in [0.05, 0.1) is 17.5 Å². The number of aromatic nitrogens is 3. The zero-order valence-electron chi connectivity index (χ0n) is 17.8. The van der Waals surface area contributed by atoms with Crippen LogP contribution in [0.1, 0.15) is 29.1 Å². The Kier molecular flexibility index (Phi) is 8.81. The number of halogens is 4. The van der Waals surface area contributed by atoms with Crippen LogP contribution in [0.2, 0.25) is 5.02 Å². The summed E-state index contributed by atoms with van der Waals surface area (Å²) in [6, 6.07) is 7.78. The molecule has 1 heterocycles. The highest BCUT2D eigenvalue weighted by Crippen LogP contribution is 2.28. The minimum atomic E-state index is -0.897. The van der Waals surface area contributed by atoms with Crippen molar-refractivity contribution in [2.24, 2.45) is 0 Å². The van der Waals surface area contributed by atoms with Gasteiger partial charge in [-0.3, -0.25) is 9.59 Å². The number of nitrogens with one attached hydrogen (secondary N) is 2. The molecule has 1 atom stereocenters. The van der Waals surface area contributed by atoms with E-state index in [1.807, 2.05) is 0 Å². The molecule has 0 radical (unpaired) electrons. The van der Waals surface area contributed by atoms with E-state index in [0.29, 0.717) is 34.2 Å². The molecule has 0 saturated heterocycles. The Bertz CT molecular complexity index is 1220. The number of carbonyl (C=O) groups excluding carboxylic acids is 2. The number of rotatable bonds is 9. The van der Waals surface area contributed by atoms with Crippen LogP contribution >= 0.6 is 39.3 Å². The molecule has 3 rings (SSSR count). The molecule has 0 fully saturated rings. The van der Waals surface area contributed by atoms with Crippen LogP contribution in [0.15, 0.2) is 58.7 Å². The van der Waals surface area contributed by atoms with Crippen molar-refractivity contribution in [3.05, 3.63) is 81.6 Å². The smallest absolute Gasteiger partial charge is 0.251 e. The van der Waals surface area contributed by atoms with Crippen molar-refractivity contribution in [2.45, 2.75) is 24.7 Å². The van der Waals surface area contributed by atoms with Gasteiger partial charge in [0, 0.05) is 27.7 Å². The fraction of sp³-hybridized carbons (Fsp3) is 0.182. The van der Waals surface area contributed by atoms with E-state index in [4.69, 9.17) is 11.6 Å². The molecule has 178 valence electrons. The second kappa shape index (κ2) is 11.6. The average molecular weight is 571 g/mol. The SMILES string of the molecule is C=CCn1c(SCC(=O)Nc2c(F)cc(F)cc2Br)nnc1C(C)NC(=O)c1cccc(Cl)c1. The van der Waals surface area contributed by atoms with Gasteiger partial charge >= 0.3 is 0 Å². The van der Waals surface area contributed by atoms with Crippen LogP contribution in [0.4, 0.5) is 14.5 Å². The average Bonchev–Trinajstić information content (AvgIpc) is 3.17. The molecule has 0 spiro atoms. The zero-order chi connectivity index (χ0) is 24.8. The molecule has 1 aromatic heterocycles. The van der Waals surface area contributed by atoms with Gasteiger partial charge in [-0.15, -0.1) is 16.8 Å². The summed E-state index contributed by atoms with van der Waals surface area (Å²) in [6.07, 6.45) is 1.63. The van der Waals surface area contributed by atoms with E-state index in [1.54, 1.807) is 41.8 Å². The number of hydrogen-bond acceptors (Lipinski definition) is 5. The summed E-state index contributed by atoms with van der Waals surface area (Å²) in [5.41, 5.74) is 0.247. The minimum Gasteiger partial charge on any atom is -0.342 e. The lowest BCUT2D eigenvalue weighted by Crippen LogP contribution is -2.28. The summed E-state index contributed by atoms with van der Waals surface area (Å²) in [5, 5.41) is 14.4. The quantitative estimate of drug-likeness (QED) is 0.266. The van der Waals surface area contributed by atoms with Gasteiger partial charge in [-0.2, -0.15) is 0 Å². The number of benzene rings is 2. The molecular formula is C22H19BrClF2N5O2S. The number of amides is 2. The fourth-order valence-electron chi connectivity index (χ4n) is 2.97. The van der Waals surface area contributed by atoms with Gasteiger partial charge in [0.1, 0.15) is 5.82 Å². The van der Waals surface area contributed by atoms with Crippen LogP contribution in [0.25, 0.3) is 0 Å². The monoisotopic (exact) mass is 569 g/mol. The molecule has 1 unspecified atom stereocenters. The Balaban J connectivity index is 1.69. The first-order valence-electron chi connectivity index (χ1n) is 9.87. The summed E-state index contributed by atoms with van der Waals surface area (Å²) < 4.78 is 29.0. The van der Waals surface area contributed by atoms with Gasteiger partial charge in [0.15, 0.2) is 16.8 Å². The van der Waals surface area contributed by atoms with Crippen LogP contribution in [0, 0.1) is 11.6 Å². The second-order valence-corrected chi connectivity index (χ2v) is 9.26. The van der Waals surface area contributed by atoms with Crippen LogP contribution < -0.4 is 10.6 Å². The van der Waals surface area contributed by atoms with Crippen LogP contribution in [0.3, 0.4) is 0 Å². The lowest BCUT2D eigenvalue weighted by Gasteiger charge is -2.15. The van der Waals surface area contributed by atoms with E-state index in [1.165, 1.54) is 0 Å². The first-order valence-corrected chi connectivity index (χ1v) is 12.0. The first kappa shape index (κ1) is 25.9. The van der Waals surface area contributed by atoms with Gasteiger partial charge in [-0.05, 0) is 47.1 Å². The minimum absolute atomic E-state index is 0.0877. The lowest BCUT2D eigenvalue weighted by molar-refractivity contribution is -0.113. The van der Waals surface area contributed by atoms with Crippen molar-refractivity contribution in [3.63, 3.8) is 0 Å². The van der Waals surface area contributed by atoms with Crippen molar-refractivity contribution in [2.75, 3.05) is 11.1 Å². The molecular weight excluding hydrogens is 552 g/mol. The third-order valence-corrected chi connectivity index (χ3v) is 6.31. The zero-order valence-corrected chi connectivity index (χ0v) is 21.0. The summed E-state index contributed by atoms with van der Waals surface area (Å²) in [7, 11) is 0. The van der Waals surface area contributed by atoms with Gasteiger partial charge in [-0.25, -0.2) is 8.78 Å². The summed E-state index contributed by atoms with van der Waals surface area (Å²) in [4.78, 5) is 24.9. The highest BCUT2D eigenvalue weighted by Gasteiger charge is 2.21. The number of anilines is 1. The predicted molar refractivity (Wildman–Crippen MR) is 131 cm³/mol. The molecule has 0 aliphatic rings. The Morgan fingerprint density at radius 3 is 2.74 bits per heavy atom. The van der Waals surface area contributed by atoms with Gasteiger partial charge in [-0.1, -0.05) is 35.5 Å². The Labute approximate surface area is 212 Å². The van der Waals surface area contributed by atoms with Crippen LogP contribution in [-0.2, 0) is 11.3 Å². The van der Waals surface area contributed by atoms with Crippen LogP contribution in [0.5, 0.6) is 0 Å². The van der Waals surface area contributed by atoms with Crippen molar-refractivity contribution in [1.82, 2.24) is 20.1 Å². The van der Waals surface area contributed by atoms with E-state index in [9.17, 15) is 18.4 Å². The number of nitrogens with zero attached hydrogens (tertiary/aromatic N) is 3. The normalized spacial score (nSPS) is 11.7. The summed E-state index contributed by atoms with van der Waals surface area (Å²) >= 11 is 10.1. The van der Waals surface area contributed by atoms with Crippen molar-refractivity contribution >= 4 is 56.8 Å². The molecule has 2 aromatic carbocycles. The van der Waals surface area contributed by atoms with Gasteiger partial charge < -0.3 is 15.2 Å². The first-order chi connectivity index (χ1) is 16.2. The molecule has 0 aliphatic carbocycles. The number of allylic oxidation sites excluding steroid dienone is 1. The molecule has 0 saturated carbocycles. The molecule has 34 heavy (non-hydrogen) atoms. The third kappa shape index (κ3) is 6.43. The van der Waals surface area contributed by atoms with E-state index in [-0.39, 0.29) is 21.8 Å². The molecule has 0 bridgehead atoms. The van der Waals surface area contributed by atoms with Gasteiger partial charge in [0.25, 0.3) is 5.91 Å². The van der Waals surface area contributed by atoms with E-state index in [0.717, 1.165) is 17.8 Å². The third-order valence-electron chi connectivity index (χ3n) is 4.48. The molecule has 12 heteroatoms. The maximum atomic E-state index is 14.0. The second-order valence-electron chi connectivity index (χ2n) is 7.03. The molecule has 2 N–H and O–H groups in total. The standard InChI is InChI=1S/C22H19BrClF2N5O2S/c1-3-7-31-20(12(2)27-21(33)13-5-4-6-14(24)8-13)29-30-22(31)34-11-18(32)28-19-16(23)9-15(25)10-17(19)26/h3-6,8-10,12H,1,7,11H2,2H3,(H,27,33)(H,28,32). The van der Waals surface area contributed by atoms with E-state index in [2.05, 4.69) is 43.3 Å². The Hall–Kier alpha value is -2.76. The number of hydrogen-bond donors (Lipinski definition) is 2. The fourth-order valence-corrected chi connectivity index (χ4v) is 4.42. The summed E-state index contributed by atoms with van der Waals surface area (Å²) in [5.74, 6) is -2.16. The van der Waals surface area contributed by atoms with E-state index >= 15 is 0 Å². The van der Waals surface area contributed by atoms with E-state index < -0.39 is 23.6 Å². The summed E-state index contributed by atoms with van der Waals surface area (Å²) in [6.45, 7) is 5.82. The van der Waals surface area contributed by atoms with Crippen molar-refractivity contribution < 1.29 is 18.4 Å². The molecule has 2 amide bonds. The number of carbonyl (C=O) groups is 2. The number of thioether (sulfide) groups is 1. The highest BCUT2D eigenvalue weighted by molar-refractivity contribution is 9.10. The molecule has 3 aromatic rings. The highest BCUT2D eigenvalue weighted by atomic mass is 79.9. The van der Waals surface area contributed by atoms with Crippen LogP contribution in [-0.4, -0.2) is 32.3 Å². The molecule has 7 nitrogen and oxygen atoms in total.